The molecule has 0 spiro atoms. The molecule has 0 aliphatic heterocycles. The number of hydrogen-bond donors (Lipinski definition) is 2. The quantitative estimate of drug-likeness (QED) is 0.595. The van der Waals surface area contributed by atoms with Crippen LogP contribution in [0.4, 0.5) is 0 Å². The van der Waals surface area contributed by atoms with Gasteiger partial charge in [-0.15, -0.1) is 0 Å². The van der Waals surface area contributed by atoms with Crippen LogP contribution >= 0.6 is 11.8 Å². The van der Waals surface area contributed by atoms with Gasteiger partial charge in [0.1, 0.15) is 16.2 Å². The number of nitrogens with one attached hydrogen (secondary N) is 2. The number of fused-ring (bicyclic) bond motifs is 1. The number of aromatic nitrogens is 4. The van der Waals surface area contributed by atoms with E-state index in [0.29, 0.717) is 21.9 Å². The zero-order valence-corrected chi connectivity index (χ0v) is 16.5. The summed E-state index contributed by atoms with van der Waals surface area (Å²) in [5.74, 6) is 0.967. The molecular formula is C18H23N5O3S. The van der Waals surface area contributed by atoms with Crippen LogP contribution in [-0.2, 0) is 4.79 Å². The van der Waals surface area contributed by atoms with Crippen molar-refractivity contribution >= 4 is 28.7 Å². The minimum Gasteiger partial charge on any atom is -0.351 e. The van der Waals surface area contributed by atoms with Crippen LogP contribution in [0.5, 0.6) is 0 Å². The Hall–Kier alpha value is -2.16. The van der Waals surface area contributed by atoms with E-state index in [1.165, 1.54) is 11.8 Å². The largest absolute Gasteiger partial charge is 0.351 e. The van der Waals surface area contributed by atoms with Crippen molar-refractivity contribution in [2.45, 2.75) is 69.0 Å². The highest BCUT2D eigenvalue weighted by atomic mass is 32.2. The van der Waals surface area contributed by atoms with E-state index in [2.05, 4.69) is 20.3 Å². The topological polar surface area (TPSA) is 110 Å². The predicted octanol–water partition coefficient (Wildman–Crippen LogP) is 1.70. The average molecular weight is 389 g/mol. The third kappa shape index (κ3) is 3.92. The number of aromatic amines is 1. The molecule has 1 amide bonds. The maximum atomic E-state index is 12.5. The summed E-state index contributed by atoms with van der Waals surface area (Å²) in [5.41, 5.74) is -0.833. The van der Waals surface area contributed by atoms with E-state index in [1.54, 1.807) is 4.57 Å². The fourth-order valence-electron chi connectivity index (χ4n) is 3.02. The Morgan fingerprint density at radius 3 is 2.52 bits per heavy atom. The van der Waals surface area contributed by atoms with Gasteiger partial charge in [-0.1, -0.05) is 11.8 Å². The Kier molecular flexibility index (Phi) is 4.37. The van der Waals surface area contributed by atoms with E-state index in [-0.39, 0.29) is 29.2 Å². The summed E-state index contributed by atoms with van der Waals surface area (Å²) < 4.78 is 1.59. The van der Waals surface area contributed by atoms with Crippen molar-refractivity contribution in [2.24, 2.45) is 0 Å². The fraction of sp³-hybridized carbons (Fsp3) is 0.611. The highest BCUT2D eigenvalue weighted by Gasteiger charge is 2.32. The van der Waals surface area contributed by atoms with Crippen LogP contribution in [0.25, 0.3) is 11.0 Å². The molecule has 2 aromatic heterocycles. The predicted molar refractivity (Wildman–Crippen MR) is 103 cm³/mol. The molecule has 4 rings (SSSR count). The average Bonchev–Trinajstić information content (AvgIpc) is 3.43. The molecule has 8 nitrogen and oxygen atoms in total. The summed E-state index contributed by atoms with van der Waals surface area (Å²) in [5, 5.41) is 3.68. The molecule has 0 radical (unpaired) electrons. The maximum Gasteiger partial charge on any atom is 0.330 e. The van der Waals surface area contributed by atoms with Crippen molar-refractivity contribution in [2.75, 3.05) is 5.75 Å². The van der Waals surface area contributed by atoms with E-state index < -0.39 is 11.2 Å². The van der Waals surface area contributed by atoms with Crippen LogP contribution in [0.3, 0.4) is 0 Å². The number of hydrogen-bond acceptors (Lipinski definition) is 6. The normalized spacial score (nSPS) is 17.3. The third-order valence-corrected chi connectivity index (χ3v) is 5.45. The summed E-state index contributed by atoms with van der Waals surface area (Å²) in [6, 6.07) is 0.0841. The summed E-state index contributed by atoms with van der Waals surface area (Å²) in [6.07, 6.45) is 3.83. The lowest BCUT2D eigenvalue weighted by molar-refractivity contribution is -0.119. The molecule has 2 aliphatic carbocycles. The first-order valence-electron chi connectivity index (χ1n) is 9.23. The molecule has 0 atom stereocenters. The van der Waals surface area contributed by atoms with Gasteiger partial charge in [-0.05, 0) is 46.5 Å². The highest BCUT2D eigenvalue weighted by Crippen LogP contribution is 2.40. The number of carbonyl (C=O) groups is 1. The van der Waals surface area contributed by atoms with Crippen LogP contribution in [0, 0.1) is 0 Å². The van der Waals surface area contributed by atoms with E-state index in [1.807, 2.05) is 20.8 Å². The highest BCUT2D eigenvalue weighted by molar-refractivity contribution is 8.00. The molecule has 0 unspecified atom stereocenters. The van der Waals surface area contributed by atoms with Gasteiger partial charge in [-0.25, -0.2) is 14.8 Å². The molecule has 27 heavy (non-hydrogen) atoms. The summed E-state index contributed by atoms with van der Waals surface area (Å²) in [7, 11) is 0. The Bertz CT molecular complexity index is 1030. The molecule has 0 saturated heterocycles. The molecule has 0 bridgehead atoms. The molecule has 144 valence electrons. The maximum absolute atomic E-state index is 12.5. The smallest absolute Gasteiger partial charge is 0.330 e. The minimum absolute atomic E-state index is 0.0841. The molecule has 9 heteroatoms. The number of amides is 1. The standard InChI is InChI=1S/C18H23N5O3S/c1-18(2,3)22-11(24)8-27-16-12-14(19-13(20-16)9-4-5-9)23(10-6-7-10)17(26)21-15(12)25/h9-10H,4-8H2,1-3H3,(H,22,24)(H,21,25,26). The van der Waals surface area contributed by atoms with E-state index in [4.69, 9.17) is 0 Å². The second-order valence-corrected chi connectivity index (χ2v) is 9.27. The molecule has 2 N–H and O–H groups in total. The Labute approximate surface area is 160 Å². The SMILES string of the molecule is CC(C)(C)NC(=O)CSc1nc(C2CC2)nc2c1c(=O)[nH]c(=O)n2C1CC1. The van der Waals surface area contributed by atoms with Gasteiger partial charge in [-0.3, -0.25) is 19.1 Å². The second-order valence-electron chi connectivity index (χ2n) is 8.31. The van der Waals surface area contributed by atoms with Crippen LogP contribution in [-0.4, -0.2) is 36.7 Å². The van der Waals surface area contributed by atoms with Crippen molar-refractivity contribution in [1.29, 1.82) is 0 Å². The van der Waals surface area contributed by atoms with Crippen LogP contribution in [0.1, 0.15) is 64.2 Å². The van der Waals surface area contributed by atoms with Gasteiger partial charge in [0.2, 0.25) is 5.91 Å². The van der Waals surface area contributed by atoms with Gasteiger partial charge in [0, 0.05) is 17.5 Å². The monoisotopic (exact) mass is 389 g/mol. The third-order valence-electron chi connectivity index (χ3n) is 4.48. The number of thioether (sulfide) groups is 1. The molecular weight excluding hydrogens is 366 g/mol. The first-order chi connectivity index (χ1) is 12.7. The van der Waals surface area contributed by atoms with Crippen molar-refractivity contribution < 1.29 is 4.79 Å². The summed E-state index contributed by atoms with van der Waals surface area (Å²) in [4.78, 5) is 48.6. The first-order valence-corrected chi connectivity index (χ1v) is 10.2. The lowest BCUT2D eigenvalue weighted by Crippen LogP contribution is -2.41. The van der Waals surface area contributed by atoms with Crippen molar-refractivity contribution in [3.8, 4) is 0 Å². The van der Waals surface area contributed by atoms with Crippen molar-refractivity contribution in [3.05, 3.63) is 26.7 Å². The van der Waals surface area contributed by atoms with Gasteiger partial charge in [-0.2, -0.15) is 0 Å². The van der Waals surface area contributed by atoms with Crippen LogP contribution in [0.2, 0.25) is 0 Å². The van der Waals surface area contributed by atoms with Gasteiger partial charge in [0.25, 0.3) is 5.56 Å². The fourth-order valence-corrected chi connectivity index (χ4v) is 3.85. The molecule has 2 aliphatic rings. The lowest BCUT2D eigenvalue weighted by atomic mass is 10.1. The van der Waals surface area contributed by atoms with E-state index >= 15 is 0 Å². The lowest BCUT2D eigenvalue weighted by Gasteiger charge is -2.20. The Morgan fingerprint density at radius 2 is 1.93 bits per heavy atom. The minimum atomic E-state index is -0.493. The van der Waals surface area contributed by atoms with E-state index in [9.17, 15) is 14.4 Å². The van der Waals surface area contributed by atoms with Gasteiger partial charge in [0.15, 0.2) is 5.65 Å². The van der Waals surface area contributed by atoms with Gasteiger partial charge >= 0.3 is 5.69 Å². The second kappa shape index (κ2) is 6.47. The van der Waals surface area contributed by atoms with Gasteiger partial charge < -0.3 is 5.32 Å². The number of carbonyl (C=O) groups excluding carboxylic acids is 1. The summed E-state index contributed by atoms with van der Waals surface area (Å²) in [6.45, 7) is 5.75. The number of rotatable bonds is 5. The van der Waals surface area contributed by atoms with Crippen LogP contribution in [0.15, 0.2) is 14.6 Å². The Morgan fingerprint density at radius 1 is 1.22 bits per heavy atom. The first kappa shape index (κ1) is 18.2. The van der Waals surface area contributed by atoms with Gasteiger partial charge in [0.05, 0.1) is 5.75 Å². The molecule has 2 fully saturated rings. The number of nitrogens with zero attached hydrogens (tertiary/aromatic N) is 3. The number of H-pyrrole nitrogens is 1. The Balaban J connectivity index is 1.77. The van der Waals surface area contributed by atoms with E-state index in [0.717, 1.165) is 25.7 Å². The zero-order chi connectivity index (χ0) is 19.3. The van der Waals surface area contributed by atoms with Crippen LogP contribution < -0.4 is 16.6 Å². The van der Waals surface area contributed by atoms with Crippen molar-refractivity contribution in [3.63, 3.8) is 0 Å². The molecule has 2 aromatic rings. The molecule has 0 aromatic carbocycles. The zero-order valence-electron chi connectivity index (χ0n) is 15.7. The summed E-state index contributed by atoms with van der Waals surface area (Å²) >= 11 is 1.22. The molecule has 2 saturated carbocycles. The molecule has 2 heterocycles. The van der Waals surface area contributed by atoms with Crippen molar-refractivity contribution in [1.82, 2.24) is 24.8 Å².